The number of benzene rings is 2. The fourth-order valence-electron chi connectivity index (χ4n) is 3.51. The Morgan fingerprint density at radius 2 is 1.64 bits per heavy atom. The molecule has 2 aromatic carbocycles. The van der Waals surface area contributed by atoms with Crippen LogP contribution in [0.3, 0.4) is 0 Å². The third-order valence-corrected chi connectivity index (χ3v) is 6.45. The molecule has 0 amide bonds. The second-order valence-electron chi connectivity index (χ2n) is 6.51. The van der Waals surface area contributed by atoms with Crippen LogP contribution in [0.4, 0.5) is 0 Å². The van der Waals surface area contributed by atoms with Crippen LogP contribution in [-0.4, -0.2) is 22.6 Å². The first kappa shape index (κ1) is 19.4. The fourth-order valence-corrected chi connectivity index (χ4v) is 4.85. The first-order valence-electron chi connectivity index (χ1n) is 8.93. The SMILES string of the molecule is CCOC(=O)C1=C(C)N2C(=NC(c3ccc(Cl)cc3)C2c2ccc(Cl)cc2)S1. The number of rotatable bonds is 4. The number of carbonyl (C=O) groups is 1. The van der Waals surface area contributed by atoms with Crippen molar-refractivity contribution in [1.29, 1.82) is 0 Å². The standard InChI is InChI=1S/C21H18Cl2N2O2S/c1-3-27-20(26)19-12(2)25-18(14-6-10-16(23)11-7-14)17(24-21(25)28-19)13-4-8-15(22)9-5-13/h4-11,17-18H,3H2,1-2H3. The molecular formula is C21H18Cl2N2O2S. The Morgan fingerprint density at radius 1 is 1.07 bits per heavy atom. The zero-order valence-electron chi connectivity index (χ0n) is 15.4. The molecule has 2 aromatic rings. The van der Waals surface area contributed by atoms with Crippen LogP contribution in [0.1, 0.15) is 37.1 Å². The van der Waals surface area contributed by atoms with E-state index in [9.17, 15) is 4.79 Å². The minimum Gasteiger partial charge on any atom is -0.462 e. The van der Waals surface area contributed by atoms with Crippen LogP contribution >= 0.6 is 35.0 Å². The average Bonchev–Trinajstić information content (AvgIpc) is 3.20. The monoisotopic (exact) mass is 432 g/mol. The molecule has 7 heteroatoms. The Hall–Kier alpha value is -1.95. The molecule has 0 saturated heterocycles. The van der Waals surface area contributed by atoms with Crippen molar-refractivity contribution in [3.63, 3.8) is 0 Å². The maximum atomic E-state index is 12.3. The summed E-state index contributed by atoms with van der Waals surface area (Å²) in [5, 5.41) is 2.18. The molecule has 0 bridgehead atoms. The highest BCUT2D eigenvalue weighted by Crippen LogP contribution is 2.51. The van der Waals surface area contributed by atoms with Gasteiger partial charge in [0.1, 0.15) is 10.9 Å². The average molecular weight is 433 g/mol. The minimum absolute atomic E-state index is 0.0760. The van der Waals surface area contributed by atoms with Gasteiger partial charge in [-0.1, -0.05) is 47.5 Å². The first-order chi connectivity index (χ1) is 13.5. The van der Waals surface area contributed by atoms with Gasteiger partial charge in [-0.15, -0.1) is 0 Å². The number of fused-ring (bicyclic) bond motifs is 1. The highest BCUT2D eigenvalue weighted by Gasteiger charge is 2.45. The van der Waals surface area contributed by atoms with Crippen LogP contribution in [0.5, 0.6) is 0 Å². The van der Waals surface area contributed by atoms with Crippen LogP contribution in [0.25, 0.3) is 0 Å². The first-order valence-corrected chi connectivity index (χ1v) is 10.5. The molecular weight excluding hydrogens is 415 g/mol. The quantitative estimate of drug-likeness (QED) is 0.556. The Labute approximate surface area is 178 Å². The summed E-state index contributed by atoms with van der Waals surface area (Å²) in [6.45, 7) is 4.09. The highest BCUT2D eigenvalue weighted by atomic mass is 35.5. The zero-order valence-corrected chi connectivity index (χ0v) is 17.7. The molecule has 144 valence electrons. The van der Waals surface area contributed by atoms with Gasteiger partial charge in [-0.3, -0.25) is 4.99 Å². The van der Waals surface area contributed by atoms with Gasteiger partial charge in [0, 0.05) is 15.7 Å². The lowest BCUT2D eigenvalue weighted by molar-refractivity contribution is -0.137. The van der Waals surface area contributed by atoms with Crippen LogP contribution in [0, 0.1) is 0 Å². The molecule has 28 heavy (non-hydrogen) atoms. The van der Waals surface area contributed by atoms with Gasteiger partial charge >= 0.3 is 5.97 Å². The van der Waals surface area contributed by atoms with E-state index in [0.29, 0.717) is 21.6 Å². The van der Waals surface area contributed by atoms with Crippen molar-refractivity contribution in [2.75, 3.05) is 6.61 Å². The number of allylic oxidation sites excluding steroid dienone is 1. The number of thioether (sulfide) groups is 1. The molecule has 0 radical (unpaired) electrons. The molecule has 0 fully saturated rings. The van der Waals surface area contributed by atoms with Crippen molar-refractivity contribution in [1.82, 2.24) is 4.90 Å². The molecule has 4 nitrogen and oxygen atoms in total. The number of hydrogen-bond donors (Lipinski definition) is 0. The number of hydrogen-bond acceptors (Lipinski definition) is 5. The number of aliphatic imine (C=N–C) groups is 1. The van der Waals surface area contributed by atoms with Crippen molar-refractivity contribution in [3.05, 3.63) is 80.3 Å². The molecule has 0 N–H and O–H groups in total. The van der Waals surface area contributed by atoms with Crippen molar-refractivity contribution in [2.45, 2.75) is 25.9 Å². The van der Waals surface area contributed by atoms with Gasteiger partial charge in [0.25, 0.3) is 0 Å². The van der Waals surface area contributed by atoms with Gasteiger partial charge in [0.15, 0.2) is 5.17 Å². The minimum atomic E-state index is -0.306. The van der Waals surface area contributed by atoms with E-state index in [2.05, 4.69) is 4.90 Å². The molecule has 4 rings (SSSR count). The van der Waals surface area contributed by atoms with Crippen LogP contribution < -0.4 is 0 Å². The molecule has 0 spiro atoms. The number of nitrogens with zero attached hydrogens (tertiary/aromatic N) is 2. The van der Waals surface area contributed by atoms with E-state index in [-0.39, 0.29) is 18.1 Å². The van der Waals surface area contributed by atoms with Crippen LogP contribution in [-0.2, 0) is 9.53 Å². The second kappa shape index (κ2) is 7.82. The normalized spacial score (nSPS) is 21.0. The molecule has 2 aliphatic rings. The molecule has 2 heterocycles. The van der Waals surface area contributed by atoms with Crippen molar-refractivity contribution < 1.29 is 9.53 Å². The molecule has 2 unspecified atom stereocenters. The van der Waals surface area contributed by atoms with Crippen LogP contribution in [0.15, 0.2) is 64.1 Å². The topological polar surface area (TPSA) is 41.9 Å². The predicted molar refractivity (Wildman–Crippen MR) is 115 cm³/mol. The Bertz CT molecular complexity index is 971. The van der Waals surface area contributed by atoms with E-state index < -0.39 is 0 Å². The van der Waals surface area contributed by atoms with E-state index in [0.717, 1.165) is 22.0 Å². The van der Waals surface area contributed by atoms with E-state index >= 15 is 0 Å². The van der Waals surface area contributed by atoms with Crippen molar-refractivity contribution in [3.8, 4) is 0 Å². The predicted octanol–water partition coefficient (Wildman–Crippen LogP) is 5.99. The third kappa shape index (κ3) is 3.43. The van der Waals surface area contributed by atoms with E-state index in [1.54, 1.807) is 6.92 Å². The summed E-state index contributed by atoms with van der Waals surface area (Å²) < 4.78 is 5.21. The maximum absolute atomic E-state index is 12.3. The lowest BCUT2D eigenvalue weighted by Gasteiger charge is -2.28. The summed E-state index contributed by atoms with van der Waals surface area (Å²) in [4.78, 5) is 20.0. The number of ether oxygens (including phenoxy) is 1. The molecule has 0 aliphatic carbocycles. The molecule has 0 aromatic heterocycles. The number of halogens is 2. The third-order valence-electron chi connectivity index (χ3n) is 4.80. The molecule has 0 saturated carbocycles. The summed E-state index contributed by atoms with van der Waals surface area (Å²) in [7, 11) is 0. The second-order valence-corrected chi connectivity index (χ2v) is 8.36. The summed E-state index contributed by atoms with van der Waals surface area (Å²) in [5.74, 6) is -0.306. The van der Waals surface area contributed by atoms with Gasteiger partial charge in [0.05, 0.1) is 12.6 Å². The largest absolute Gasteiger partial charge is 0.462 e. The Kier molecular flexibility index (Phi) is 5.41. The van der Waals surface area contributed by atoms with Crippen molar-refractivity contribution in [2.24, 2.45) is 4.99 Å². The van der Waals surface area contributed by atoms with E-state index in [4.69, 9.17) is 32.9 Å². The number of amidine groups is 1. The fraction of sp³-hybridized carbons (Fsp3) is 0.238. The maximum Gasteiger partial charge on any atom is 0.346 e. The van der Waals surface area contributed by atoms with Crippen molar-refractivity contribution >= 4 is 46.1 Å². The highest BCUT2D eigenvalue weighted by molar-refractivity contribution is 8.18. The van der Waals surface area contributed by atoms with E-state index in [1.165, 1.54) is 11.8 Å². The summed E-state index contributed by atoms with van der Waals surface area (Å²) >= 11 is 13.5. The van der Waals surface area contributed by atoms with Gasteiger partial charge in [-0.05, 0) is 61.0 Å². The smallest absolute Gasteiger partial charge is 0.346 e. The summed E-state index contributed by atoms with van der Waals surface area (Å²) in [6, 6.07) is 15.3. The summed E-state index contributed by atoms with van der Waals surface area (Å²) in [6.07, 6.45) is 0. The van der Waals surface area contributed by atoms with Gasteiger partial charge in [-0.25, -0.2) is 4.79 Å². The lowest BCUT2D eigenvalue weighted by Crippen LogP contribution is -2.26. The zero-order chi connectivity index (χ0) is 19.8. The van der Waals surface area contributed by atoms with Crippen LogP contribution in [0.2, 0.25) is 10.0 Å². The molecule has 2 atom stereocenters. The van der Waals surface area contributed by atoms with Gasteiger partial charge in [0.2, 0.25) is 0 Å². The lowest BCUT2D eigenvalue weighted by atomic mass is 9.93. The molecule has 2 aliphatic heterocycles. The van der Waals surface area contributed by atoms with Gasteiger partial charge in [-0.2, -0.15) is 0 Å². The summed E-state index contributed by atoms with van der Waals surface area (Å²) in [5.41, 5.74) is 3.00. The number of carbonyl (C=O) groups excluding carboxylic acids is 1. The Morgan fingerprint density at radius 3 is 2.21 bits per heavy atom. The van der Waals surface area contributed by atoms with Gasteiger partial charge < -0.3 is 9.64 Å². The van der Waals surface area contributed by atoms with E-state index in [1.807, 2.05) is 55.5 Å². The number of esters is 1. The Balaban J connectivity index is 1.77.